The molecule has 23 heavy (non-hydrogen) atoms. The Morgan fingerprint density at radius 3 is 2.78 bits per heavy atom. The van der Waals surface area contributed by atoms with E-state index in [1.165, 1.54) is 0 Å². The minimum absolute atomic E-state index is 0.0983. The Kier molecular flexibility index (Phi) is 4.76. The molecule has 1 aromatic heterocycles. The van der Waals surface area contributed by atoms with Gasteiger partial charge in [-0.1, -0.05) is 19.1 Å². The third-order valence-electron chi connectivity index (χ3n) is 4.74. The van der Waals surface area contributed by atoms with Gasteiger partial charge in [0.25, 0.3) is 5.91 Å². The molecule has 3 rings (SSSR count). The number of nitrogens with zero attached hydrogens (tertiary/aromatic N) is 3. The second kappa shape index (κ2) is 6.96. The van der Waals surface area contributed by atoms with Gasteiger partial charge in [-0.3, -0.25) is 4.79 Å². The number of piperidine rings is 1. The summed E-state index contributed by atoms with van der Waals surface area (Å²) >= 11 is 0. The predicted molar refractivity (Wildman–Crippen MR) is 90.0 cm³/mol. The number of rotatable bonds is 4. The Labute approximate surface area is 137 Å². The monoisotopic (exact) mass is 312 g/mol. The zero-order valence-corrected chi connectivity index (χ0v) is 13.6. The molecule has 0 radical (unpaired) electrons. The molecule has 1 aromatic carbocycles. The topological polar surface area (TPSA) is 64.2 Å². The largest absolute Gasteiger partial charge is 0.334 e. The second-order valence-corrected chi connectivity index (χ2v) is 6.35. The van der Waals surface area contributed by atoms with Gasteiger partial charge in [-0.05, 0) is 36.5 Å². The molecule has 0 bridgehead atoms. The molecule has 2 N–H and O–H groups in total. The average molecular weight is 312 g/mol. The van der Waals surface area contributed by atoms with E-state index < -0.39 is 0 Å². The first-order chi connectivity index (χ1) is 11.2. The predicted octanol–water partition coefficient (Wildman–Crippen LogP) is 2.13. The number of carbonyl (C=O) groups excluding carboxylic acids is 1. The maximum absolute atomic E-state index is 12.8. The number of benzene rings is 1. The van der Waals surface area contributed by atoms with Crippen LogP contribution in [0.3, 0.4) is 0 Å². The second-order valence-electron chi connectivity index (χ2n) is 6.35. The third-order valence-corrected chi connectivity index (χ3v) is 4.74. The van der Waals surface area contributed by atoms with E-state index >= 15 is 0 Å². The molecule has 1 saturated heterocycles. The van der Waals surface area contributed by atoms with E-state index in [4.69, 9.17) is 5.73 Å². The molecule has 1 aliphatic rings. The van der Waals surface area contributed by atoms with Crippen molar-refractivity contribution in [2.24, 2.45) is 11.7 Å². The molecule has 2 aromatic rings. The van der Waals surface area contributed by atoms with E-state index in [0.717, 1.165) is 37.1 Å². The van der Waals surface area contributed by atoms with Gasteiger partial charge in [0.1, 0.15) is 0 Å². The normalized spacial score (nSPS) is 21.4. The van der Waals surface area contributed by atoms with Crippen molar-refractivity contribution in [3.05, 3.63) is 54.1 Å². The molecule has 122 valence electrons. The van der Waals surface area contributed by atoms with Crippen LogP contribution in [0.15, 0.2) is 43.0 Å². The number of carbonyl (C=O) groups is 1. The highest BCUT2D eigenvalue weighted by Gasteiger charge is 2.31. The highest BCUT2D eigenvalue weighted by atomic mass is 16.2. The van der Waals surface area contributed by atoms with Crippen LogP contribution in [0, 0.1) is 5.92 Å². The Balaban J connectivity index is 1.72. The number of imidazole rings is 1. The Morgan fingerprint density at radius 2 is 2.13 bits per heavy atom. The third kappa shape index (κ3) is 3.45. The molecular weight excluding hydrogens is 288 g/mol. The lowest BCUT2D eigenvalue weighted by Crippen LogP contribution is -2.51. The summed E-state index contributed by atoms with van der Waals surface area (Å²) in [7, 11) is 0. The summed E-state index contributed by atoms with van der Waals surface area (Å²) in [6, 6.07) is 8.01. The smallest absolute Gasteiger partial charge is 0.254 e. The lowest BCUT2D eigenvalue weighted by atomic mass is 9.90. The standard InChI is InChI=1S/C18H24N4O/c1-14-3-2-9-22(17(14)11-19)18(23)16-6-4-15(5-7-16)12-21-10-8-20-13-21/h4-8,10,13-14,17H,2-3,9,11-12,19H2,1H3/t14-,17+/m0/s1. The minimum Gasteiger partial charge on any atom is -0.334 e. The summed E-state index contributed by atoms with van der Waals surface area (Å²) in [6.07, 6.45) is 7.69. The van der Waals surface area contributed by atoms with Crippen molar-refractivity contribution < 1.29 is 4.79 Å². The molecule has 5 nitrogen and oxygen atoms in total. The zero-order chi connectivity index (χ0) is 16.2. The van der Waals surface area contributed by atoms with Gasteiger partial charge in [0.2, 0.25) is 0 Å². The van der Waals surface area contributed by atoms with Crippen molar-refractivity contribution in [1.82, 2.24) is 14.5 Å². The SMILES string of the molecule is C[C@H]1CCCN(C(=O)c2ccc(Cn3ccnc3)cc2)[C@@H]1CN. The zero-order valence-electron chi connectivity index (χ0n) is 13.6. The quantitative estimate of drug-likeness (QED) is 0.940. The van der Waals surface area contributed by atoms with Crippen LogP contribution >= 0.6 is 0 Å². The molecule has 0 saturated carbocycles. The van der Waals surface area contributed by atoms with Gasteiger partial charge in [-0.2, -0.15) is 0 Å². The summed E-state index contributed by atoms with van der Waals surface area (Å²) in [5.74, 6) is 0.569. The number of nitrogens with two attached hydrogens (primary N) is 1. The van der Waals surface area contributed by atoms with Gasteiger partial charge in [0, 0.05) is 43.6 Å². The fourth-order valence-electron chi connectivity index (χ4n) is 3.37. The van der Waals surface area contributed by atoms with Crippen LogP contribution in [0.1, 0.15) is 35.7 Å². The fourth-order valence-corrected chi connectivity index (χ4v) is 3.37. The molecule has 0 unspecified atom stereocenters. The summed E-state index contributed by atoms with van der Waals surface area (Å²) in [6.45, 7) is 4.29. The number of likely N-dealkylation sites (tertiary alicyclic amines) is 1. The van der Waals surface area contributed by atoms with Crippen LogP contribution in [0.4, 0.5) is 0 Å². The van der Waals surface area contributed by atoms with Crippen molar-refractivity contribution in [1.29, 1.82) is 0 Å². The molecule has 5 heteroatoms. The van der Waals surface area contributed by atoms with Crippen LogP contribution in [0.25, 0.3) is 0 Å². The van der Waals surface area contributed by atoms with Gasteiger partial charge < -0.3 is 15.2 Å². The Morgan fingerprint density at radius 1 is 1.35 bits per heavy atom. The number of amides is 1. The molecule has 1 fully saturated rings. The van der Waals surface area contributed by atoms with Crippen molar-refractivity contribution in [2.45, 2.75) is 32.4 Å². The highest BCUT2D eigenvalue weighted by molar-refractivity contribution is 5.94. The van der Waals surface area contributed by atoms with Crippen LogP contribution in [0.5, 0.6) is 0 Å². The first-order valence-electron chi connectivity index (χ1n) is 8.24. The van der Waals surface area contributed by atoms with E-state index in [9.17, 15) is 4.79 Å². The van der Waals surface area contributed by atoms with Gasteiger partial charge >= 0.3 is 0 Å². The summed E-state index contributed by atoms with van der Waals surface area (Å²) in [4.78, 5) is 18.8. The average Bonchev–Trinajstić information content (AvgIpc) is 3.07. The first-order valence-corrected chi connectivity index (χ1v) is 8.24. The Hall–Kier alpha value is -2.14. The molecule has 0 spiro atoms. The minimum atomic E-state index is 0.0983. The van der Waals surface area contributed by atoms with E-state index in [1.807, 2.05) is 39.9 Å². The summed E-state index contributed by atoms with van der Waals surface area (Å²) in [5.41, 5.74) is 7.79. The molecule has 2 heterocycles. The van der Waals surface area contributed by atoms with E-state index in [1.54, 1.807) is 12.5 Å². The van der Waals surface area contributed by atoms with Crippen molar-refractivity contribution >= 4 is 5.91 Å². The molecular formula is C18H24N4O. The van der Waals surface area contributed by atoms with Crippen LogP contribution in [0.2, 0.25) is 0 Å². The lowest BCUT2D eigenvalue weighted by Gasteiger charge is -2.39. The van der Waals surface area contributed by atoms with Gasteiger partial charge in [-0.25, -0.2) is 4.98 Å². The number of hydrogen-bond acceptors (Lipinski definition) is 3. The van der Waals surface area contributed by atoms with Gasteiger partial charge in [-0.15, -0.1) is 0 Å². The molecule has 2 atom stereocenters. The van der Waals surface area contributed by atoms with Crippen LogP contribution in [-0.4, -0.2) is 39.5 Å². The van der Waals surface area contributed by atoms with Crippen LogP contribution < -0.4 is 5.73 Å². The van der Waals surface area contributed by atoms with Gasteiger partial charge in [0.15, 0.2) is 0 Å². The highest BCUT2D eigenvalue weighted by Crippen LogP contribution is 2.24. The van der Waals surface area contributed by atoms with Crippen LogP contribution in [-0.2, 0) is 6.54 Å². The molecule has 0 aliphatic carbocycles. The van der Waals surface area contributed by atoms with E-state index in [0.29, 0.717) is 12.5 Å². The summed E-state index contributed by atoms with van der Waals surface area (Å²) in [5, 5.41) is 0. The number of hydrogen-bond donors (Lipinski definition) is 1. The first kappa shape index (κ1) is 15.7. The number of aromatic nitrogens is 2. The summed E-state index contributed by atoms with van der Waals surface area (Å²) < 4.78 is 2.01. The van der Waals surface area contributed by atoms with Gasteiger partial charge in [0.05, 0.1) is 6.33 Å². The fraction of sp³-hybridized carbons (Fsp3) is 0.444. The lowest BCUT2D eigenvalue weighted by molar-refractivity contribution is 0.0532. The Bertz CT molecular complexity index is 636. The maximum atomic E-state index is 12.8. The van der Waals surface area contributed by atoms with Crippen molar-refractivity contribution in [3.8, 4) is 0 Å². The van der Waals surface area contributed by atoms with Crippen molar-refractivity contribution in [3.63, 3.8) is 0 Å². The van der Waals surface area contributed by atoms with E-state index in [-0.39, 0.29) is 11.9 Å². The maximum Gasteiger partial charge on any atom is 0.254 e. The molecule has 1 aliphatic heterocycles. The molecule has 1 amide bonds. The van der Waals surface area contributed by atoms with Crippen molar-refractivity contribution in [2.75, 3.05) is 13.1 Å². The van der Waals surface area contributed by atoms with E-state index in [2.05, 4.69) is 11.9 Å².